The lowest BCUT2D eigenvalue weighted by molar-refractivity contribution is -0.159. The Balaban J connectivity index is 1.14. The molecule has 15 nitrogen and oxygen atoms in total. The van der Waals surface area contributed by atoms with Gasteiger partial charge in [0.15, 0.2) is 0 Å². The average molecular weight is 1040 g/mol. The van der Waals surface area contributed by atoms with E-state index in [1.165, 1.54) is 32.2 Å². The fraction of sp³-hybridized carbons (Fsp3) is 0.593. The van der Waals surface area contributed by atoms with E-state index in [9.17, 15) is 33.2 Å². The first-order valence-electron chi connectivity index (χ1n) is 26.7. The number of nitrogens with one attached hydrogen (secondary N) is 2. The Bertz CT molecular complexity index is 2470. The molecule has 16 heteroatoms. The van der Waals surface area contributed by atoms with Crippen LogP contribution in [0, 0.1) is 35.4 Å². The van der Waals surface area contributed by atoms with E-state index in [0.717, 1.165) is 28.7 Å². The minimum absolute atomic E-state index is 0.0640. The van der Waals surface area contributed by atoms with Crippen LogP contribution in [-0.4, -0.2) is 139 Å². The van der Waals surface area contributed by atoms with Gasteiger partial charge in [-0.1, -0.05) is 122 Å². The normalized spacial score (nSPS) is 20.1. The summed E-state index contributed by atoms with van der Waals surface area (Å²) in [5, 5.41) is 5.82. The predicted molar refractivity (Wildman–Crippen MR) is 285 cm³/mol. The number of carbonyl (C=O) groups is 6. The number of esters is 1. The zero-order valence-electron chi connectivity index (χ0n) is 46.6. The van der Waals surface area contributed by atoms with Gasteiger partial charge in [0.2, 0.25) is 23.6 Å². The zero-order valence-corrected chi connectivity index (χ0v) is 46.6. The maximum absolute atomic E-state index is 14.8. The van der Waals surface area contributed by atoms with Crippen molar-refractivity contribution in [3.05, 3.63) is 95.3 Å². The molecule has 0 bridgehead atoms. The first-order valence-corrected chi connectivity index (χ1v) is 26.7. The number of halogens is 1. The van der Waals surface area contributed by atoms with Gasteiger partial charge in [0, 0.05) is 46.7 Å². The van der Waals surface area contributed by atoms with E-state index in [0.29, 0.717) is 12.8 Å². The van der Waals surface area contributed by atoms with Crippen molar-refractivity contribution in [1.82, 2.24) is 25.3 Å². The number of nitrogens with zero attached hydrogens (tertiary/aromatic N) is 3. The highest BCUT2D eigenvalue weighted by atomic mass is 19.1. The highest BCUT2D eigenvalue weighted by Gasteiger charge is 2.57. The van der Waals surface area contributed by atoms with Crippen molar-refractivity contribution in [2.45, 2.75) is 161 Å². The predicted octanol–water partition coefficient (Wildman–Crippen LogP) is 8.16. The maximum atomic E-state index is 14.8. The molecule has 1 saturated heterocycles. The van der Waals surface area contributed by atoms with Crippen molar-refractivity contribution in [1.29, 1.82) is 0 Å². The zero-order chi connectivity index (χ0) is 55.2. The summed E-state index contributed by atoms with van der Waals surface area (Å²) in [5.41, 5.74) is 3.72. The number of rotatable bonds is 23. The number of amides is 5. The van der Waals surface area contributed by atoms with E-state index >= 15 is 0 Å². The summed E-state index contributed by atoms with van der Waals surface area (Å²) in [4.78, 5) is 90.1. The van der Waals surface area contributed by atoms with Crippen molar-refractivity contribution in [2.24, 2.45) is 29.6 Å². The van der Waals surface area contributed by atoms with Crippen molar-refractivity contribution >= 4 is 35.7 Å². The lowest BCUT2D eigenvalue weighted by Gasteiger charge is -2.41. The summed E-state index contributed by atoms with van der Waals surface area (Å²) in [5.74, 6) is -4.46. The quantitative estimate of drug-likeness (QED) is 0.0883. The third-order valence-electron chi connectivity index (χ3n) is 15.6. The molecule has 410 valence electrons. The van der Waals surface area contributed by atoms with Gasteiger partial charge in [0.05, 0.1) is 36.6 Å². The number of ether oxygens (including phenoxy) is 4. The molecule has 1 aliphatic heterocycles. The second kappa shape index (κ2) is 24.9. The summed E-state index contributed by atoms with van der Waals surface area (Å²) in [6.45, 7) is 18.3. The second-order valence-corrected chi connectivity index (χ2v) is 22.7. The van der Waals surface area contributed by atoms with E-state index in [4.69, 9.17) is 18.9 Å². The molecule has 0 aromatic heterocycles. The van der Waals surface area contributed by atoms with Crippen molar-refractivity contribution in [3.63, 3.8) is 0 Å². The number of likely N-dealkylation sites (tertiary alicyclic amines) is 1. The van der Waals surface area contributed by atoms with Crippen molar-refractivity contribution in [2.75, 3.05) is 34.9 Å². The molecule has 2 fully saturated rings. The van der Waals surface area contributed by atoms with Crippen LogP contribution in [0.1, 0.15) is 118 Å². The standard InChI is InChI=1S/C59H82FN5O10/c1-15-35(6)52(63(11)56(69)50(33(2)3)62-55(68)51(34(4)5)64(12)58(71)74-32-43-41-25-19-17-23-39(41)40-24-18-20-26-42(40)43)48(72-13)31-49(66)65-46-29-38(46)30-47(65)53(73-14)36(7)54(67)61-45(57(70)75-59(8,9)10)28-37-22-16-21-27-44(37)60/h16-27,33-36,38,43,45-48,50-53H,15,28-32H2,1-14H3,(H,61,67)(H,62,68)/t35-,36+,38-,45?,46-,47-,48+,50-,51-,52-,53+/m0/s1. The van der Waals surface area contributed by atoms with E-state index in [-0.39, 0.29) is 72.5 Å². The summed E-state index contributed by atoms with van der Waals surface area (Å²) >= 11 is 0. The molecule has 3 aliphatic rings. The Hall–Kier alpha value is -5.87. The van der Waals surface area contributed by atoms with Gasteiger partial charge in [0.25, 0.3) is 0 Å². The summed E-state index contributed by atoms with van der Waals surface area (Å²) in [6.07, 6.45) is -0.348. The second-order valence-electron chi connectivity index (χ2n) is 22.7. The van der Waals surface area contributed by atoms with Gasteiger partial charge < -0.3 is 39.4 Å². The molecule has 3 aromatic rings. The molecule has 0 radical (unpaired) electrons. The minimum Gasteiger partial charge on any atom is -0.458 e. The van der Waals surface area contributed by atoms with Crippen molar-refractivity contribution < 1.29 is 52.1 Å². The lowest BCUT2D eigenvalue weighted by atomic mass is 9.89. The fourth-order valence-electron chi connectivity index (χ4n) is 11.5. The molecule has 1 saturated carbocycles. The smallest absolute Gasteiger partial charge is 0.410 e. The van der Waals surface area contributed by atoms with Gasteiger partial charge in [0.1, 0.15) is 36.2 Å². The van der Waals surface area contributed by atoms with Crippen LogP contribution in [0.25, 0.3) is 11.1 Å². The van der Waals surface area contributed by atoms with Crippen LogP contribution in [0.4, 0.5) is 9.18 Å². The van der Waals surface area contributed by atoms with Crippen molar-refractivity contribution in [3.8, 4) is 11.1 Å². The number of methoxy groups -OCH3 is 2. The molecule has 0 spiro atoms. The number of benzene rings is 3. The average Bonchev–Trinajstić information content (AvgIpc) is 3.91. The molecule has 5 amide bonds. The van der Waals surface area contributed by atoms with Crippen LogP contribution in [0.15, 0.2) is 72.8 Å². The summed E-state index contributed by atoms with van der Waals surface area (Å²) < 4.78 is 38.6. The molecule has 11 atom stereocenters. The van der Waals surface area contributed by atoms with Gasteiger partial charge in [-0.2, -0.15) is 0 Å². The van der Waals surface area contributed by atoms with E-state index < -0.39 is 83.6 Å². The minimum atomic E-state index is -1.20. The molecule has 2 aliphatic carbocycles. The monoisotopic (exact) mass is 1040 g/mol. The lowest BCUT2D eigenvalue weighted by Crippen LogP contribution is -2.60. The first kappa shape index (κ1) is 58.4. The van der Waals surface area contributed by atoms with Crippen LogP contribution in [0.5, 0.6) is 0 Å². The van der Waals surface area contributed by atoms with Crippen LogP contribution >= 0.6 is 0 Å². The highest BCUT2D eigenvalue weighted by Crippen LogP contribution is 2.50. The Kier molecular flexibility index (Phi) is 19.4. The number of hydrogen-bond acceptors (Lipinski definition) is 10. The molecule has 1 unspecified atom stereocenters. The Morgan fingerprint density at radius 3 is 1.92 bits per heavy atom. The van der Waals surface area contributed by atoms with Gasteiger partial charge in [-0.25, -0.2) is 14.0 Å². The van der Waals surface area contributed by atoms with Crippen LogP contribution < -0.4 is 10.6 Å². The van der Waals surface area contributed by atoms with Gasteiger partial charge in [-0.3, -0.25) is 24.1 Å². The molecule has 2 N–H and O–H groups in total. The topological polar surface area (TPSA) is 173 Å². The van der Waals surface area contributed by atoms with Gasteiger partial charge >= 0.3 is 12.1 Å². The molecule has 6 rings (SSSR count). The van der Waals surface area contributed by atoms with E-state index in [2.05, 4.69) is 22.8 Å². The molecular weight excluding hydrogens is 958 g/mol. The van der Waals surface area contributed by atoms with Crippen LogP contribution in [0.3, 0.4) is 0 Å². The molecular formula is C59H82FN5O10. The van der Waals surface area contributed by atoms with Crippen LogP contribution in [-0.2, 0) is 49.3 Å². The third kappa shape index (κ3) is 13.4. The molecule has 3 aromatic carbocycles. The maximum Gasteiger partial charge on any atom is 0.410 e. The summed E-state index contributed by atoms with van der Waals surface area (Å²) in [6, 6.07) is 17.9. The fourth-order valence-corrected chi connectivity index (χ4v) is 11.5. The number of fused-ring (bicyclic) bond motifs is 4. The Morgan fingerprint density at radius 1 is 0.773 bits per heavy atom. The largest absolute Gasteiger partial charge is 0.458 e. The number of carbonyl (C=O) groups excluding carboxylic acids is 6. The van der Waals surface area contributed by atoms with E-state index in [1.807, 2.05) is 82.8 Å². The third-order valence-corrected chi connectivity index (χ3v) is 15.6. The summed E-state index contributed by atoms with van der Waals surface area (Å²) in [7, 11) is 6.23. The number of likely N-dealkylation sites (N-methyl/N-ethyl adjacent to an activating group) is 2. The Labute approximate surface area is 443 Å². The Morgan fingerprint density at radius 2 is 1.37 bits per heavy atom. The number of hydrogen-bond donors (Lipinski definition) is 2. The van der Waals surface area contributed by atoms with Gasteiger partial charge in [-0.15, -0.1) is 0 Å². The van der Waals surface area contributed by atoms with Crippen LogP contribution in [0.2, 0.25) is 0 Å². The SMILES string of the molecule is CC[C@H](C)[C@@H]([C@@H](CC(=O)N1[C@H]2C[C@H]2C[C@H]1[C@H](OC)[C@@H](C)C(=O)NC(Cc1ccccc1F)C(=O)OC(C)(C)C)OC)N(C)C(=O)[C@@H](NC(=O)[C@H](C(C)C)N(C)C(=O)OCC1c2ccccc2-c2ccccc21)C(C)C. The molecule has 75 heavy (non-hydrogen) atoms. The first-order chi connectivity index (χ1) is 35.4. The number of piperidine rings is 1. The van der Waals surface area contributed by atoms with Gasteiger partial charge in [-0.05, 0) is 91.2 Å². The van der Waals surface area contributed by atoms with E-state index in [1.54, 1.807) is 57.8 Å². The highest BCUT2D eigenvalue weighted by molar-refractivity contribution is 5.92. The molecule has 1 heterocycles.